The predicted octanol–water partition coefficient (Wildman–Crippen LogP) is 5.26. The summed E-state index contributed by atoms with van der Waals surface area (Å²) in [5.41, 5.74) is 0.570. The molecule has 4 rings (SSSR count). The number of amides is 2. The number of anilines is 1. The van der Waals surface area contributed by atoms with E-state index in [0.29, 0.717) is 30.5 Å². The lowest BCUT2D eigenvalue weighted by molar-refractivity contribution is -0.137. The monoisotopic (exact) mass is 535 g/mol. The van der Waals surface area contributed by atoms with Gasteiger partial charge in [0.2, 0.25) is 0 Å². The molecule has 1 aromatic heterocycles. The Morgan fingerprint density at radius 3 is 2.66 bits per heavy atom. The quantitative estimate of drug-likeness (QED) is 0.318. The third-order valence-corrected chi connectivity index (χ3v) is 6.70. The summed E-state index contributed by atoms with van der Waals surface area (Å²) >= 11 is 7.32. The van der Waals surface area contributed by atoms with Gasteiger partial charge in [0.1, 0.15) is 10.1 Å². The van der Waals surface area contributed by atoms with Crippen molar-refractivity contribution in [1.29, 1.82) is 0 Å². The Morgan fingerprint density at radius 2 is 1.97 bits per heavy atom. The van der Waals surface area contributed by atoms with Gasteiger partial charge < -0.3 is 10.1 Å². The molecule has 0 unspecified atom stereocenters. The van der Waals surface area contributed by atoms with Gasteiger partial charge in [-0.25, -0.2) is 4.98 Å². The fraction of sp³-hybridized carbons (Fsp3) is 0.130. The van der Waals surface area contributed by atoms with Crippen molar-refractivity contribution in [2.45, 2.75) is 12.6 Å². The van der Waals surface area contributed by atoms with Crippen LogP contribution < -0.4 is 15.4 Å². The third-order valence-electron chi connectivity index (χ3n) is 4.62. The number of ether oxygens (including phenoxy) is 1. The first kappa shape index (κ1) is 24.9. The highest BCUT2D eigenvalue weighted by molar-refractivity contribution is 8.26. The van der Waals surface area contributed by atoms with Crippen LogP contribution in [0.5, 0.6) is 5.75 Å². The van der Waals surface area contributed by atoms with Gasteiger partial charge in [-0.05, 0) is 35.4 Å². The van der Waals surface area contributed by atoms with Crippen LogP contribution in [0.25, 0.3) is 6.08 Å². The molecule has 2 aromatic carbocycles. The number of hydrogen-bond donors (Lipinski definition) is 2. The number of aromatic nitrogens is 1. The van der Waals surface area contributed by atoms with Crippen LogP contribution in [-0.4, -0.2) is 27.7 Å². The molecule has 1 saturated heterocycles. The summed E-state index contributed by atoms with van der Waals surface area (Å²) in [6.45, 7) is -0.254. The lowest BCUT2D eigenvalue weighted by Gasteiger charge is -2.08. The van der Waals surface area contributed by atoms with Crippen molar-refractivity contribution in [3.63, 3.8) is 0 Å². The second kappa shape index (κ2) is 10.6. The van der Waals surface area contributed by atoms with Crippen LogP contribution >= 0.6 is 35.3 Å². The van der Waals surface area contributed by atoms with Crippen LogP contribution in [0.15, 0.2) is 59.6 Å². The maximum atomic E-state index is 12.9. The van der Waals surface area contributed by atoms with E-state index in [4.69, 9.17) is 17.0 Å². The van der Waals surface area contributed by atoms with E-state index in [0.717, 1.165) is 17.7 Å². The fourth-order valence-corrected chi connectivity index (χ4v) is 4.95. The summed E-state index contributed by atoms with van der Waals surface area (Å²) in [5, 5.41) is 5.49. The summed E-state index contributed by atoms with van der Waals surface area (Å²) in [7, 11) is 0. The zero-order valence-corrected chi connectivity index (χ0v) is 20.2. The number of nitrogens with one attached hydrogen (secondary N) is 2. The van der Waals surface area contributed by atoms with Gasteiger partial charge in [-0.2, -0.15) is 13.2 Å². The molecule has 0 saturated carbocycles. The fourth-order valence-electron chi connectivity index (χ4n) is 3.04. The number of benzene rings is 2. The van der Waals surface area contributed by atoms with Crippen LogP contribution in [0.3, 0.4) is 0 Å². The SMILES string of the molecule is O=C(COc1ccc(/C=C2\SC(=S)NC2=O)cc1)Nc1ncc(Cc2cccc(C(F)(F)F)c2)s1. The number of thiazole rings is 1. The molecule has 1 aliphatic rings. The predicted molar refractivity (Wildman–Crippen MR) is 133 cm³/mol. The summed E-state index contributed by atoms with van der Waals surface area (Å²) < 4.78 is 44.6. The summed E-state index contributed by atoms with van der Waals surface area (Å²) in [6, 6.07) is 11.9. The van der Waals surface area contributed by atoms with Crippen molar-refractivity contribution in [2.75, 3.05) is 11.9 Å². The Morgan fingerprint density at radius 1 is 1.20 bits per heavy atom. The maximum Gasteiger partial charge on any atom is 0.416 e. The highest BCUT2D eigenvalue weighted by Crippen LogP contribution is 2.31. The minimum atomic E-state index is -4.40. The van der Waals surface area contributed by atoms with Gasteiger partial charge >= 0.3 is 6.18 Å². The summed E-state index contributed by atoms with van der Waals surface area (Å²) in [4.78, 5) is 29.2. The third kappa shape index (κ3) is 6.90. The summed E-state index contributed by atoms with van der Waals surface area (Å²) in [6.07, 6.45) is -0.915. The molecular weight excluding hydrogens is 519 g/mol. The van der Waals surface area contributed by atoms with Gasteiger partial charge in [0, 0.05) is 17.5 Å². The number of thioether (sulfide) groups is 1. The highest BCUT2D eigenvalue weighted by Gasteiger charge is 2.30. The van der Waals surface area contributed by atoms with E-state index in [-0.39, 0.29) is 18.9 Å². The normalized spacial score (nSPS) is 14.8. The Balaban J connectivity index is 1.28. The maximum absolute atomic E-state index is 12.9. The van der Waals surface area contributed by atoms with Crippen molar-refractivity contribution in [3.05, 3.63) is 81.2 Å². The van der Waals surface area contributed by atoms with E-state index in [9.17, 15) is 22.8 Å². The highest BCUT2D eigenvalue weighted by atomic mass is 32.2. The molecule has 12 heteroatoms. The van der Waals surface area contributed by atoms with Crippen molar-refractivity contribution < 1.29 is 27.5 Å². The Bertz CT molecular complexity index is 1300. The van der Waals surface area contributed by atoms with E-state index in [1.165, 1.54) is 35.4 Å². The van der Waals surface area contributed by atoms with Gasteiger partial charge in [-0.1, -0.05) is 54.3 Å². The molecule has 1 aliphatic heterocycles. The van der Waals surface area contributed by atoms with Crippen molar-refractivity contribution in [3.8, 4) is 5.75 Å². The zero-order valence-electron chi connectivity index (χ0n) is 17.7. The van der Waals surface area contributed by atoms with E-state index in [1.54, 1.807) is 36.4 Å². The van der Waals surface area contributed by atoms with Gasteiger partial charge in [0.15, 0.2) is 11.7 Å². The van der Waals surface area contributed by atoms with Crippen LogP contribution in [0.4, 0.5) is 18.3 Å². The van der Waals surface area contributed by atoms with Gasteiger partial charge in [-0.3, -0.25) is 14.9 Å². The molecule has 1 fully saturated rings. The first-order valence-corrected chi connectivity index (χ1v) is 12.1. The molecule has 0 aliphatic carbocycles. The molecule has 2 heterocycles. The zero-order chi connectivity index (χ0) is 25.0. The number of rotatable bonds is 7. The molecule has 6 nitrogen and oxygen atoms in total. The first-order chi connectivity index (χ1) is 16.7. The molecular formula is C23H16F3N3O3S3. The van der Waals surface area contributed by atoms with Crippen molar-refractivity contribution in [2.24, 2.45) is 0 Å². The molecule has 35 heavy (non-hydrogen) atoms. The van der Waals surface area contributed by atoms with Crippen LogP contribution in [0.1, 0.15) is 21.6 Å². The average molecular weight is 536 g/mol. The smallest absolute Gasteiger partial charge is 0.416 e. The van der Waals surface area contributed by atoms with Crippen molar-refractivity contribution in [1.82, 2.24) is 10.3 Å². The Labute approximate surface area is 211 Å². The molecule has 0 bridgehead atoms. The molecule has 0 radical (unpaired) electrons. The lowest BCUT2D eigenvalue weighted by Crippen LogP contribution is -2.19. The number of carbonyl (C=O) groups excluding carboxylic acids is 2. The lowest BCUT2D eigenvalue weighted by atomic mass is 10.1. The largest absolute Gasteiger partial charge is 0.484 e. The number of hydrogen-bond acceptors (Lipinski definition) is 7. The Hall–Kier alpha value is -3.22. The number of nitrogens with zero attached hydrogens (tertiary/aromatic N) is 1. The topological polar surface area (TPSA) is 80.3 Å². The molecule has 2 N–H and O–H groups in total. The van der Waals surface area contributed by atoms with E-state index in [1.807, 2.05) is 0 Å². The minimum absolute atomic E-state index is 0.239. The standard InChI is InChI=1S/C23H16F3N3O3S3/c24-23(25,26)15-3-1-2-14(8-15)9-17-11-27-21(34-17)28-19(30)12-32-16-6-4-13(5-7-16)10-18-20(31)29-22(33)35-18/h1-8,10-11H,9,12H2,(H,27,28,30)(H,29,31,33)/b18-10-. The van der Waals surface area contributed by atoms with Crippen LogP contribution in [0, 0.1) is 0 Å². The molecule has 2 amide bonds. The molecule has 180 valence electrons. The number of carbonyl (C=O) groups is 2. The molecule has 0 spiro atoms. The second-order valence-corrected chi connectivity index (χ2v) is 10.1. The van der Waals surface area contributed by atoms with E-state index < -0.39 is 17.6 Å². The summed E-state index contributed by atoms with van der Waals surface area (Å²) in [5.74, 6) is -0.202. The number of thiocarbonyl (C=S) groups is 1. The average Bonchev–Trinajstić information content (AvgIpc) is 3.37. The van der Waals surface area contributed by atoms with Crippen LogP contribution in [-0.2, 0) is 22.2 Å². The molecule has 3 aromatic rings. The van der Waals surface area contributed by atoms with Crippen molar-refractivity contribution >= 4 is 62.7 Å². The first-order valence-electron chi connectivity index (χ1n) is 10.0. The number of alkyl halides is 3. The Kier molecular flexibility index (Phi) is 7.53. The minimum Gasteiger partial charge on any atom is -0.484 e. The van der Waals surface area contributed by atoms with Gasteiger partial charge in [0.25, 0.3) is 11.8 Å². The van der Waals surface area contributed by atoms with Gasteiger partial charge in [0.05, 0.1) is 10.5 Å². The number of halogens is 3. The van der Waals surface area contributed by atoms with Gasteiger partial charge in [-0.15, -0.1) is 11.3 Å². The second-order valence-electron chi connectivity index (χ2n) is 7.26. The van der Waals surface area contributed by atoms with E-state index >= 15 is 0 Å². The van der Waals surface area contributed by atoms with Crippen LogP contribution in [0.2, 0.25) is 0 Å². The van der Waals surface area contributed by atoms with E-state index in [2.05, 4.69) is 15.6 Å². The molecule has 0 atom stereocenters.